The Bertz CT molecular complexity index is 494. The largest absolute Gasteiger partial charge is 0.446 e. The molecule has 0 aliphatic heterocycles. The van der Waals surface area contributed by atoms with Crippen molar-refractivity contribution in [2.24, 2.45) is 0 Å². The molecule has 0 aliphatic rings. The summed E-state index contributed by atoms with van der Waals surface area (Å²) in [6.07, 6.45) is 0.712. The van der Waals surface area contributed by atoms with E-state index in [1.807, 2.05) is 6.92 Å². The van der Waals surface area contributed by atoms with Gasteiger partial charge in [0.2, 0.25) is 0 Å². The van der Waals surface area contributed by atoms with Gasteiger partial charge in [-0.3, -0.25) is 4.55 Å². The molecule has 1 aromatic rings. The van der Waals surface area contributed by atoms with Gasteiger partial charge in [-0.05, 0) is 18.2 Å². The SMILES string of the molecule is CCC#Cc1cccc(OS(=O)(=O)O)c1. The first-order chi connectivity index (χ1) is 7.01. The van der Waals surface area contributed by atoms with Crippen LogP contribution >= 0.6 is 0 Å². The lowest BCUT2D eigenvalue weighted by molar-refractivity contribution is 0.387. The lowest BCUT2D eigenvalue weighted by Crippen LogP contribution is -2.06. The molecule has 4 nitrogen and oxygen atoms in total. The van der Waals surface area contributed by atoms with Crippen molar-refractivity contribution in [2.45, 2.75) is 13.3 Å². The highest BCUT2D eigenvalue weighted by Crippen LogP contribution is 2.14. The van der Waals surface area contributed by atoms with Gasteiger partial charge in [0.15, 0.2) is 0 Å². The topological polar surface area (TPSA) is 63.6 Å². The van der Waals surface area contributed by atoms with E-state index in [0.717, 1.165) is 0 Å². The highest BCUT2D eigenvalue weighted by molar-refractivity contribution is 7.81. The van der Waals surface area contributed by atoms with E-state index in [1.165, 1.54) is 12.1 Å². The Labute approximate surface area is 88.8 Å². The van der Waals surface area contributed by atoms with Gasteiger partial charge in [0.05, 0.1) is 0 Å². The third kappa shape index (κ3) is 4.49. The third-order valence-electron chi connectivity index (χ3n) is 1.45. The van der Waals surface area contributed by atoms with Crippen LogP contribution in [-0.2, 0) is 10.4 Å². The summed E-state index contributed by atoms with van der Waals surface area (Å²) in [4.78, 5) is 0. The maximum absolute atomic E-state index is 10.4. The number of hydrogen-bond acceptors (Lipinski definition) is 3. The van der Waals surface area contributed by atoms with Gasteiger partial charge in [-0.25, -0.2) is 0 Å². The maximum Gasteiger partial charge on any atom is 0.446 e. The first-order valence-electron chi connectivity index (χ1n) is 4.27. The van der Waals surface area contributed by atoms with Gasteiger partial charge in [0.25, 0.3) is 0 Å². The van der Waals surface area contributed by atoms with Gasteiger partial charge in [-0.2, -0.15) is 8.42 Å². The molecular weight excluding hydrogens is 216 g/mol. The molecule has 1 rings (SSSR count). The molecule has 0 heterocycles. The molecule has 0 spiro atoms. The summed E-state index contributed by atoms with van der Waals surface area (Å²) in [5, 5.41) is 0. The first kappa shape index (κ1) is 11.6. The number of rotatable bonds is 2. The van der Waals surface area contributed by atoms with E-state index in [1.54, 1.807) is 12.1 Å². The van der Waals surface area contributed by atoms with Crippen molar-refractivity contribution in [1.29, 1.82) is 0 Å². The summed E-state index contributed by atoms with van der Waals surface area (Å²) in [5.74, 6) is 5.69. The molecule has 0 amide bonds. The second kappa shape index (κ2) is 4.82. The lowest BCUT2D eigenvalue weighted by atomic mass is 10.2. The van der Waals surface area contributed by atoms with Gasteiger partial charge in [-0.1, -0.05) is 24.8 Å². The smallest absolute Gasteiger partial charge is 0.362 e. The molecule has 0 saturated heterocycles. The molecule has 0 saturated carbocycles. The van der Waals surface area contributed by atoms with E-state index in [9.17, 15) is 8.42 Å². The predicted molar refractivity (Wildman–Crippen MR) is 55.8 cm³/mol. The Morgan fingerprint density at radius 2 is 2.20 bits per heavy atom. The Kier molecular flexibility index (Phi) is 3.72. The summed E-state index contributed by atoms with van der Waals surface area (Å²) in [7, 11) is -4.46. The van der Waals surface area contributed by atoms with Crippen LogP contribution in [0.3, 0.4) is 0 Å². The average molecular weight is 226 g/mol. The molecule has 0 unspecified atom stereocenters. The summed E-state index contributed by atoms with van der Waals surface area (Å²) in [6.45, 7) is 1.91. The molecular formula is C10H10O4S. The molecule has 0 fully saturated rings. The fourth-order valence-electron chi connectivity index (χ4n) is 0.938. The van der Waals surface area contributed by atoms with E-state index in [0.29, 0.717) is 12.0 Å². The standard InChI is InChI=1S/C10H10O4S/c1-2-3-5-9-6-4-7-10(8-9)14-15(11,12)13/h4,6-8H,2H2,1H3,(H,11,12,13). The van der Waals surface area contributed by atoms with E-state index in [2.05, 4.69) is 16.0 Å². The van der Waals surface area contributed by atoms with Crippen molar-refractivity contribution in [3.05, 3.63) is 29.8 Å². The van der Waals surface area contributed by atoms with E-state index >= 15 is 0 Å². The van der Waals surface area contributed by atoms with Crippen LogP contribution in [-0.4, -0.2) is 13.0 Å². The van der Waals surface area contributed by atoms with E-state index in [-0.39, 0.29) is 5.75 Å². The van der Waals surface area contributed by atoms with Crippen LogP contribution in [0.15, 0.2) is 24.3 Å². The number of hydrogen-bond donors (Lipinski definition) is 1. The molecule has 1 aromatic carbocycles. The molecule has 0 aliphatic carbocycles. The van der Waals surface area contributed by atoms with Gasteiger partial charge >= 0.3 is 10.4 Å². The zero-order chi connectivity index (χ0) is 11.3. The van der Waals surface area contributed by atoms with Crippen molar-refractivity contribution >= 4 is 10.4 Å². The van der Waals surface area contributed by atoms with Crippen molar-refractivity contribution in [1.82, 2.24) is 0 Å². The minimum atomic E-state index is -4.46. The summed E-state index contributed by atoms with van der Waals surface area (Å²) >= 11 is 0. The predicted octanol–water partition coefficient (Wildman–Crippen LogP) is 1.63. The Morgan fingerprint density at radius 1 is 1.47 bits per heavy atom. The van der Waals surface area contributed by atoms with E-state index < -0.39 is 10.4 Å². The fourth-order valence-corrected chi connectivity index (χ4v) is 1.28. The first-order valence-corrected chi connectivity index (χ1v) is 5.63. The lowest BCUT2D eigenvalue weighted by Gasteiger charge is -2.00. The van der Waals surface area contributed by atoms with Crippen LogP contribution in [0.1, 0.15) is 18.9 Å². The van der Waals surface area contributed by atoms with Crippen LogP contribution in [0.25, 0.3) is 0 Å². The van der Waals surface area contributed by atoms with Gasteiger partial charge < -0.3 is 4.18 Å². The summed E-state index contributed by atoms with van der Waals surface area (Å²) in [5.41, 5.74) is 0.637. The van der Waals surface area contributed by atoms with Crippen LogP contribution in [0.5, 0.6) is 5.75 Å². The Hall–Kier alpha value is -1.51. The van der Waals surface area contributed by atoms with Crippen LogP contribution in [0.4, 0.5) is 0 Å². The fraction of sp³-hybridized carbons (Fsp3) is 0.200. The normalized spacial score (nSPS) is 10.3. The van der Waals surface area contributed by atoms with Crippen molar-refractivity contribution < 1.29 is 17.2 Å². The monoisotopic (exact) mass is 226 g/mol. The van der Waals surface area contributed by atoms with E-state index in [4.69, 9.17) is 4.55 Å². The van der Waals surface area contributed by atoms with Crippen molar-refractivity contribution in [2.75, 3.05) is 0 Å². The molecule has 0 bridgehead atoms. The van der Waals surface area contributed by atoms with Gasteiger partial charge in [-0.15, -0.1) is 0 Å². The number of benzene rings is 1. The highest BCUT2D eigenvalue weighted by Gasteiger charge is 2.06. The molecule has 15 heavy (non-hydrogen) atoms. The zero-order valence-corrected chi connectivity index (χ0v) is 8.91. The van der Waals surface area contributed by atoms with Crippen LogP contribution in [0.2, 0.25) is 0 Å². The summed E-state index contributed by atoms with van der Waals surface area (Å²) in [6, 6.07) is 6.18. The minimum absolute atomic E-state index is 0.0420. The highest BCUT2D eigenvalue weighted by atomic mass is 32.3. The molecule has 0 radical (unpaired) electrons. The quantitative estimate of drug-likeness (QED) is 0.615. The molecule has 80 valence electrons. The second-order valence-corrected chi connectivity index (χ2v) is 3.72. The Morgan fingerprint density at radius 3 is 2.80 bits per heavy atom. The van der Waals surface area contributed by atoms with Gasteiger partial charge in [0, 0.05) is 12.0 Å². The molecule has 1 N–H and O–H groups in total. The Balaban J connectivity index is 2.93. The third-order valence-corrected chi connectivity index (χ3v) is 1.85. The van der Waals surface area contributed by atoms with Crippen LogP contribution < -0.4 is 4.18 Å². The maximum atomic E-state index is 10.4. The average Bonchev–Trinajstić information content (AvgIpc) is 2.12. The van der Waals surface area contributed by atoms with Gasteiger partial charge in [0.1, 0.15) is 5.75 Å². The second-order valence-electron chi connectivity index (χ2n) is 2.69. The molecule has 5 heteroatoms. The van der Waals surface area contributed by atoms with Crippen molar-refractivity contribution in [3.63, 3.8) is 0 Å². The molecule has 0 atom stereocenters. The zero-order valence-electron chi connectivity index (χ0n) is 8.10. The van der Waals surface area contributed by atoms with Crippen LogP contribution in [0, 0.1) is 11.8 Å². The molecule has 0 aromatic heterocycles. The summed E-state index contributed by atoms with van der Waals surface area (Å²) < 4.78 is 33.6. The van der Waals surface area contributed by atoms with Crippen molar-refractivity contribution in [3.8, 4) is 17.6 Å². The minimum Gasteiger partial charge on any atom is -0.362 e.